The van der Waals surface area contributed by atoms with E-state index in [0.29, 0.717) is 0 Å². The molecule has 7 rings (SSSR count). The SMILES string of the molecule is C1CC2C1C1C2C2C3C4CCC4C3C12.C1CCC1. The highest BCUT2D eigenvalue weighted by molar-refractivity contribution is 5.30. The molecule has 0 aromatic rings. The molecule has 0 aromatic heterocycles. The summed E-state index contributed by atoms with van der Waals surface area (Å²) in [6.07, 6.45) is 12.5. The Bertz CT molecular complexity index is 325. The molecular formula is C18H26. The predicted molar refractivity (Wildman–Crippen MR) is 71.8 cm³/mol. The third-order valence-corrected chi connectivity index (χ3v) is 8.86. The van der Waals surface area contributed by atoms with Crippen LogP contribution in [0.1, 0.15) is 51.4 Å². The van der Waals surface area contributed by atoms with E-state index < -0.39 is 0 Å². The molecule has 0 aliphatic heterocycles. The molecule has 18 heavy (non-hydrogen) atoms. The molecule has 0 N–H and O–H groups in total. The summed E-state index contributed by atoms with van der Waals surface area (Å²) < 4.78 is 0. The Morgan fingerprint density at radius 3 is 0.778 bits per heavy atom. The second-order valence-corrected chi connectivity index (χ2v) is 8.69. The monoisotopic (exact) mass is 242 g/mol. The van der Waals surface area contributed by atoms with Crippen molar-refractivity contribution in [2.24, 2.45) is 59.2 Å². The Hall–Kier alpha value is 0. The van der Waals surface area contributed by atoms with Gasteiger partial charge in [0, 0.05) is 0 Å². The molecule has 7 saturated carbocycles. The van der Waals surface area contributed by atoms with E-state index in [9.17, 15) is 0 Å². The highest BCUT2D eigenvalue weighted by Crippen LogP contribution is 2.87. The van der Waals surface area contributed by atoms with Crippen molar-refractivity contribution >= 4 is 0 Å². The molecule has 8 unspecified atom stereocenters. The van der Waals surface area contributed by atoms with E-state index in [4.69, 9.17) is 0 Å². The van der Waals surface area contributed by atoms with Crippen LogP contribution >= 0.6 is 0 Å². The Morgan fingerprint density at radius 1 is 0.333 bits per heavy atom. The van der Waals surface area contributed by atoms with E-state index in [1.165, 1.54) is 84.9 Å². The molecule has 0 nitrogen and oxygen atoms in total. The maximum absolute atomic E-state index is 1.63. The van der Waals surface area contributed by atoms with E-state index in [-0.39, 0.29) is 0 Å². The molecule has 8 atom stereocenters. The summed E-state index contributed by atoms with van der Waals surface area (Å²) in [6.45, 7) is 0. The minimum absolute atomic E-state index is 1.27. The number of hydrogen-bond donors (Lipinski definition) is 0. The Labute approximate surface area is 111 Å². The summed E-state index contributed by atoms with van der Waals surface area (Å²) >= 11 is 0. The van der Waals surface area contributed by atoms with Crippen LogP contribution in [0.4, 0.5) is 0 Å². The molecule has 0 radical (unpaired) electrons. The summed E-state index contributed by atoms with van der Waals surface area (Å²) in [5.41, 5.74) is 0. The lowest BCUT2D eigenvalue weighted by molar-refractivity contribution is -0.408. The van der Waals surface area contributed by atoms with Crippen LogP contribution in [-0.2, 0) is 0 Å². The van der Waals surface area contributed by atoms with Crippen LogP contribution in [0.25, 0.3) is 0 Å². The summed E-state index contributed by atoms with van der Waals surface area (Å²) in [5.74, 6) is 12.8. The lowest BCUT2D eigenvalue weighted by atomic mass is 9.17. The Balaban J connectivity index is 0.000000165. The summed E-state index contributed by atoms with van der Waals surface area (Å²) in [6, 6.07) is 0. The van der Waals surface area contributed by atoms with Crippen LogP contribution < -0.4 is 0 Å². The van der Waals surface area contributed by atoms with Crippen molar-refractivity contribution in [1.29, 1.82) is 0 Å². The maximum Gasteiger partial charge on any atom is -0.0312 e. The third-order valence-electron chi connectivity index (χ3n) is 8.86. The second kappa shape index (κ2) is 3.01. The zero-order chi connectivity index (χ0) is 11.4. The highest BCUT2D eigenvalue weighted by atomic mass is 14.9. The topological polar surface area (TPSA) is 0 Å². The third kappa shape index (κ3) is 0.826. The largest absolute Gasteiger partial charge is 0.0533 e. The lowest BCUT2D eigenvalue weighted by Crippen LogP contribution is -2.84. The van der Waals surface area contributed by atoms with Gasteiger partial charge in [0.15, 0.2) is 0 Å². The molecule has 0 bridgehead atoms. The van der Waals surface area contributed by atoms with Gasteiger partial charge < -0.3 is 0 Å². The molecule has 0 amide bonds. The molecule has 0 spiro atoms. The molecule has 98 valence electrons. The highest BCUT2D eigenvalue weighted by Gasteiger charge is 2.82. The minimum Gasteiger partial charge on any atom is -0.0533 e. The fourth-order valence-corrected chi connectivity index (χ4v) is 7.53. The van der Waals surface area contributed by atoms with Gasteiger partial charge in [0.1, 0.15) is 0 Å². The van der Waals surface area contributed by atoms with E-state index in [1.807, 2.05) is 0 Å². The van der Waals surface area contributed by atoms with Crippen molar-refractivity contribution in [3.05, 3.63) is 0 Å². The quantitative estimate of drug-likeness (QED) is 0.554. The van der Waals surface area contributed by atoms with Crippen molar-refractivity contribution in [2.75, 3.05) is 0 Å². The molecule has 7 aliphatic rings. The van der Waals surface area contributed by atoms with Gasteiger partial charge in [-0.15, -0.1) is 0 Å². The van der Waals surface area contributed by atoms with Gasteiger partial charge in [0.05, 0.1) is 0 Å². The summed E-state index contributed by atoms with van der Waals surface area (Å²) in [4.78, 5) is 0. The first kappa shape index (κ1) is 9.83. The van der Waals surface area contributed by atoms with E-state index in [1.54, 1.807) is 25.7 Å². The second-order valence-electron chi connectivity index (χ2n) is 8.69. The predicted octanol–water partition coefficient (Wildman–Crippen LogP) is 4.35. The van der Waals surface area contributed by atoms with Crippen LogP contribution in [0.15, 0.2) is 0 Å². The van der Waals surface area contributed by atoms with Crippen molar-refractivity contribution in [3.63, 3.8) is 0 Å². The molecule has 0 aromatic carbocycles. The van der Waals surface area contributed by atoms with Crippen LogP contribution in [0.3, 0.4) is 0 Å². The lowest BCUT2D eigenvalue weighted by Gasteiger charge is -2.88. The smallest absolute Gasteiger partial charge is 0.0312 e. The zero-order valence-electron chi connectivity index (χ0n) is 11.4. The summed E-state index contributed by atoms with van der Waals surface area (Å²) in [7, 11) is 0. The van der Waals surface area contributed by atoms with Crippen LogP contribution in [0.2, 0.25) is 0 Å². The average Bonchev–Trinajstić information content (AvgIpc) is 2.20. The van der Waals surface area contributed by atoms with E-state index in [2.05, 4.69) is 0 Å². The first-order chi connectivity index (χ1) is 8.97. The van der Waals surface area contributed by atoms with Gasteiger partial charge >= 0.3 is 0 Å². The molecule has 0 heterocycles. The summed E-state index contributed by atoms with van der Waals surface area (Å²) in [5, 5.41) is 0. The van der Waals surface area contributed by atoms with Crippen molar-refractivity contribution in [1.82, 2.24) is 0 Å². The van der Waals surface area contributed by atoms with Gasteiger partial charge in [-0.2, -0.15) is 0 Å². The van der Waals surface area contributed by atoms with Gasteiger partial charge in [-0.05, 0) is 84.9 Å². The molecule has 7 aliphatic carbocycles. The first-order valence-corrected chi connectivity index (χ1v) is 8.97. The Morgan fingerprint density at radius 2 is 0.611 bits per heavy atom. The van der Waals surface area contributed by atoms with Gasteiger partial charge in [0.2, 0.25) is 0 Å². The first-order valence-electron chi connectivity index (χ1n) is 8.97. The normalized spacial score (nSPS) is 70.7. The van der Waals surface area contributed by atoms with E-state index in [0.717, 1.165) is 0 Å². The number of fused-ring (bicyclic) bond motifs is 13. The van der Waals surface area contributed by atoms with Crippen molar-refractivity contribution in [2.45, 2.75) is 51.4 Å². The van der Waals surface area contributed by atoms with Gasteiger partial charge in [-0.1, -0.05) is 25.7 Å². The molecule has 7 fully saturated rings. The van der Waals surface area contributed by atoms with Crippen LogP contribution in [-0.4, -0.2) is 0 Å². The maximum atomic E-state index is 1.63. The van der Waals surface area contributed by atoms with Crippen LogP contribution in [0.5, 0.6) is 0 Å². The number of hydrogen-bond acceptors (Lipinski definition) is 0. The molecule has 0 heteroatoms. The minimum atomic E-state index is 1.27. The molecule has 0 saturated heterocycles. The van der Waals surface area contributed by atoms with E-state index >= 15 is 0 Å². The zero-order valence-corrected chi connectivity index (χ0v) is 11.4. The fraction of sp³-hybridized carbons (Fsp3) is 1.00. The molecular weight excluding hydrogens is 216 g/mol. The van der Waals surface area contributed by atoms with Gasteiger partial charge in [-0.3, -0.25) is 0 Å². The van der Waals surface area contributed by atoms with Gasteiger partial charge in [-0.25, -0.2) is 0 Å². The number of rotatable bonds is 0. The van der Waals surface area contributed by atoms with Crippen LogP contribution in [0, 0.1) is 59.2 Å². The standard InChI is InChI=1S/C14H18.C4H8/c1-2-6-5(1)9-10(6)14-12-8-4-3-7(8)11(12)13(9)14;1-2-4-3-1/h5-14H,1-4H2;1-4H2. The fourth-order valence-electron chi connectivity index (χ4n) is 7.53. The van der Waals surface area contributed by atoms with Crippen molar-refractivity contribution in [3.8, 4) is 0 Å². The van der Waals surface area contributed by atoms with Crippen molar-refractivity contribution < 1.29 is 0 Å². The average molecular weight is 242 g/mol. The van der Waals surface area contributed by atoms with Gasteiger partial charge in [0.25, 0.3) is 0 Å². The Kier molecular flexibility index (Phi) is 1.65.